The second-order valence-electron chi connectivity index (χ2n) is 4.09. The Morgan fingerprint density at radius 3 is 2.00 bits per heavy atom. The quantitative estimate of drug-likeness (QED) is 0.607. The molecular weight excluding hydrogens is 159 g/mol. The Hall–Kier alpha value is -0.410. The van der Waals surface area contributed by atoms with Crippen LogP contribution in [-0.2, 0) is 9.47 Å². The lowest BCUT2D eigenvalue weighted by Gasteiger charge is -2.40. The number of hydrogen-bond donors (Lipinski definition) is 0. The summed E-state index contributed by atoms with van der Waals surface area (Å²) in [6.07, 6.45) is 0. The average Bonchev–Trinajstić information content (AvgIpc) is 1.96. The van der Waals surface area contributed by atoms with Gasteiger partial charge in [0.05, 0.1) is 13.2 Å². The summed E-state index contributed by atoms with van der Waals surface area (Å²) >= 11 is 0. The molecular formula is C9H15FO2. The second kappa shape index (κ2) is 2.82. The van der Waals surface area contributed by atoms with Crippen molar-refractivity contribution in [2.45, 2.75) is 26.6 Å². The summed E-state index contributed by atoms with van der Waals surface area (Å²) in [5.41, 5.74) is -0.0328. The van der Waals surface area contributed by atoms with Crippen molar-refractivity contribution in [2.75, 3.05) is 13.2 Å². The molecule has 0 aromatic heterocycles. The van der Waals surface area contributed by atoms with Crippen LogP contribution in [0.3, 0.4) is 0 Å². The first kappa shape index (κ1) is 9.68. The van der Waals surface area contributed by atoms with Crippen molar-refractivity contribution in [3.8, 4) is 0 Å². The minimum Gasteiger partial charge on any atom is -0.344 e. The summed E-state index contributed by atoms with van der Waals surface area (Å²) < 4.78 is 23.3. The first-order valence-corrected chi connectivity index (χ1v) is 3.99. The van der Waals surface area contributed by atoms with Crippen molar-refractivity contribution < 1.29 is 13.9 Å². The normalized spacial score (nSPS) is 26.7. The van der Waals surface area contributed by atoms with Gasteiger partial charge in [0.15, 0.2) is 5.83 Å². The summed E-state index contributed by atoms with van der Waals surface area (Å²) in [7, 11) is 0. The molecule has 1 heterocycles. The van der Waals surface area contributed by atoms with E-state index in [4.69, 9.17) is 9.47 Å². The lowest BCUT2D eigenvalue weighted by Crippen LogP contribution is -2.45. The van der Waals surface area contributed by atoms with Gasteiger partial charge in [0.2, 0.25) is 5.79 Å². The van der Waals surface area contributed by atoms with Crippen LogP contribution in [-0.4, -0.2) is 19.0 Å². The molecule has 0 aromatic carbocycles. The van der Waals surface area contributed by atoms with Gasteiger partial charge in [0, 0.05) is 5.41 Å². The Bertz CT molecular complexity index is 189. The summed E-state index contributed by atoms with van der Waals surface area (Å²) in [5.74, 6) is -1.80. The van der Waals surface area contributed by atoms with Crippen LogP contribution in [0.2, 0.25) is 0 Å². The fourth-order valence-electron chi connectivity index (χ4n) is 0.906. The van der Waals surface area contributed by atoms with Crippen LogP contribution in [0.25, 0.3) is 0 Å². The molecule has 0 spiro atoms. The smallest absolute Gasteiger partial charge is 0.218 e. The maximum absolute atomic E-state index is 12.8. The summed E-state index contributed by atoms with van der Waals surface area (Å²) in [5, 5.41) is 0. The molecule has 1 aliphatic heterocycles. The summed E-state index contributed by atoms with van der Waals surface area (Å²) in [4.78, 5) is 0. The van der Waals surface area contributed by atoms with Crippen LogP contribution in [0.15, 0.2) is 12.4 Å². The molecule has 3 heteroatoms. The van der Waals surface area contributed by atoms with E-state index in [9.17, 15) is 4.39 Å². The highest BCUT2D eigenvalue weighted by molar-refractivity contribution is 4.98. The number of ether oxygens (including phenoxy) is 2. The zero-order valence-electron chi connectivity index (χ0n) is 7.82. The summed E-state index contributed by atoms with van der Waals surface area (Å²) in [6.45, 7) is 9.73. The second-order valence-corrected chi connectivity index (χ2v) is 4.09. The van der Waals surface area contributed by atoms with E-state index in [1.807, 2.05) is 13.8 Å². The third-order valence-electron chi connectivity index (χ3n) is 1.97. The minimum atomic E-state index is -1.23. The van der Waals surface area contributed by atoms with E-state index in [1.54, 1.807) is 6.92 Å². The predicted molar refractivity (Wildman–Crippen MR) is 44.3 cm³/mol. The van der Waals surface area contributed by atoms with Crippen LogP contribution < -0.4 is 0 Å². The Morgan fingerprint density at radius 2 is 1.67 bits per heavy atom. The Kier molecular flexibility index (Phi) is 2.27. The van der Waals surface area contributed by atoms with E-state index in [0.717, 1.165) is 0 Å². The molecule has 0 unspecified atom stereocenters. The maximum atomic E-state index is 12.8. The van der Waals surface area contributed by atoms with E-state index in [2.05, 4.69) is 6.58 Å². The average molecular weight is 174 g/mol. The Balaban J connectivity index is 2.62. The minimum absolute atomic E-state index is 0.0328. The van der Waals surface area contributed by atoms with E-state index in [1.165, 1.54) is 0 Å². The summed E-state index contributed by atoms with van der Waals surface area (Å²) in [6, 6.07) is 0. The van der Waals surface area contributed by atoms with E-state index in [0.29, 0.717) is 13.2 Å². The van der Waals surface area contributed by atoms with Crippen LogP contribution in [0.1, 0.15) is 20.8 Å². The van der Waals surface area contributed by atoms with Crippen molar-refractivity contribution in [1.82, 2.24) is 0 Å². The van der Waals surface area contributed by atoms with Crippen molar-refractivity contribution in [2.24, 2.45) is 5.41 Å². The molecule has 0 saturated carbocycles. The third-order valence-corrected chi connectivity index (χ3v) is 1.97. The largest absolute Gasteiger partial charge is 0.344 e. The third kappa shape index (κ3) is 1.84. The molecule has 0 aliphatic carbocycles. The van der Waals surface area contributed by atoms with Gasteiger partial charge in [-0.3, -0.25) is 0 Å². The molecule has 70 valence electrons. The van der Waals surface area contributed by atoms with Crippen molar-refractivity contribution in [3.05, 3.63) is 12.4 Å². The van der Waals surface area contributed by atoms with Crippen molar-refractivity contribution in [1.29, 1.82) is 0 Å². The lowest BCUT2D eigenvalue weighted by atomic mass is 9.95. The Morgan fingerprint density at radius 1 is 1.25 bits per heavy atom. The first-order valence-electron chi connectivity index (χ1n) is 3.99. The SMILES string of the molecule is C=C(F)C1(C)OCC(C)(C)CO1. The van der Waals surface area contributed by atoms with E-state index in [-0.39, 0.29) is 5.41 Å². The molecule has 1 saturated heterocycles. The van der Waals surface area contributed by atoms with Gasteiger partial charge in [-0.05, 0) is 6.92 Å². The highest BCUT2D eigenvalue weighted by Crippen LogP contribution is 2.33. The monoisotopic (exact) mass is 174 g/mol. The van der Waals surface area contributed by atoms with E-state index >= 15 is 0 Å². The molecule has 1 fully saturated rings. The molecule has 0 amide bonds. The molecule has 1 rings (SSSR count). The zero-order chi connectivity index (χ0) is 9.41. The van der Waals surface area contributed by atoms with Crippen LogP contribution in [0.4, 0.5) is 4.39 Å². The van der Waals surface area contributed by atoms with Gasteiger partial charge >= 0.3 is 0 Å². The zero-order valence-corrected chi connectivity index (χ0v) is 7.82. The molecule has 0 N–H and O–H groups in total. The van der Waals surface area contributed by atoms with E-state index < -0.39 is 11.6 Å². The fraction of sp³-hybridized carbons (Fsp3) is 0.778. The van der Waals surface area contributed by atoms with Crippen LogP contribution >= 0.6 is 0 Å². The van der Waals surface area contributed by atoms with Gasteiger partial charge < -0.3 is 9.47 Å². The first-order chi connectivity index (χ1) is 5.36. The Labute approximate surface area is 72.4 Å². The van der Waals surface area contributed by atoms with Gasteiger partial charge in [-0.1, -0.05) is 20.4 Å². The van der Waals surface area contributed by atoms with Gasteiger partial charge in [0.25, 0.3) is 0 Å². The van der Waals surface area contributed by atoms with Gasteiger partial charge in [0.1, 0.15) is 0 Å². The molecule has 0 aromatic rings. The number of hydrogen-bond acceptors (Lipinski definition) is 2. The van der Waals surface area contributed by atoms with Gasteiger partial charge in [-0.25, -0.2) is 4.39 Å². The highest BCUT2D eigenvalue weighted by atomic mass is 19.1. The van der Waals surface area contributed by atoms with Crippen molar-refractivity contribution >= 4 is 0 Å². The number of halogens is 1. The topological polar surface area (TPSA) is 18.5 Å². The standard InChI is InChI=1S/C9H15FO2/c1-7(10)9(4)11-5-8(2,3)6-12-9/h1,5-6H2,2-4H3. The van der Waals surface area contributed by atoms with Gasteiger partial charge in [-0.2, -0.15) is 0 Å². The predicted octanol–water partition coefficient (Wildman–Crippen LogP) is 2.26. The molecule has 0 atom stereocenters. The van der Waals surface area contributed by atoms with Crippen molar-refractivity contribution in [3.63, 3.8) is 0 Å². The molecule has 12 heavy (non-hydrogen) atoms. The lowest BCUT2D eigenvalue weighted by molar-refractivity contribution is -0.275. The molecule has 0 bridgehead atoms. The van der Waals surface area contributed by atoms with Crippen LogP contribution in [0.5, 0.6) is 0 Å². The molecule has 0 radical (unpaired) electrons. The fourth-order valence-corrected chi connectivity index (χ4v) is 0.906. The maximum Gasteiger partial charge on any atom is 0.218 e. The molecule has 2 nitrogen and oxygen atoms in total. The number of rotatable bonds is 1. The van der Waals surface area contributed by atoms with Crippen LogP contribution in [0, 0.1) is 5.41 Å². The highest BCUT2D eigenvalue weighted by Gasteiger charge is 2.39. The molecule has 1 aliphatic rings. The van der Waals surface area contributed by atoms with Gasteiger partial charge in [-0.15, -0.1) is 0 Å².